The molecule has 3 aromatic rings. The summed E-state index contributed by atoms with van der Waals surface area (Å²) in [5.41, 5.74) is 3.84. The number of hydrogen-bond donors (Lipinski definition) is 3. The zero-order valence-corrected chi connectivity index (χ0v) is 15.1. The molecule has 8 nitrogen and oxygen atoms in total. The quantitative estimate of drug-likeness (QED) is 0.458. The number of nitrogens with one attached hydrogen (secondary N) is 2. The van der Waals surface area contributed by atoms with E-state index in [1.165, 1.54) is 13.3 Å². The number of nitrogens with zero attached hydrogens (tertiary/aromatic N) is 1. The maximum absolute atomic E-state index is 12.4. The number of carbonyl (C=O) groups is 1. The molecule has 2 aromatic carbocycles. The van der Waals surface area contributed by atoms with E-state index in [0.29, 0.717) is 34.0 Å². The van der Waals surface area contributed by atoms with Crippen LogP contribution in [-0.4, -0.2) is 43.5 Å². The number of phenolic OH excluding ortho intramolecular Hbond substituents is 1. The van der Waals surface area contributed by atoms with Crippen LogP contribution in [0.2, 0.25) is 0 Å². The minimum Gasteiger partial charge on any atom is -0.504 e. The Labute approximate surface area is 155 Å². The van der Waals surface area contributed by atoms with E-state index in [2.05, 4.69) is 15.5 Å². The second kappa shape index (κ2) is 7.69. The number of phenols is 1. The summed E-state index contributed by atoms with van der Waals surface area (Å²) in [6.07, 6.45) is 1.34. The first kappa shape index (κ1) is 18.1. The van der Waals surface area contributed by atoms with Crippen molar-refractivity contribution in [1.29, 1.82) is 0 Å². The van der Waals surface area contributed by atoms with Crippen LogP contribution >= 0.6 is 0 Å². The van der Waals surface area contributed by atoms with Gasteiger partial charge in [-0.25, -0.2) is 5.43 Å². The Hall–Kier alpha value is -3.68. The Balaban J connectivity index is 1.80. The number of rotatable bonds is 6. The number of methoxy groups -OCH3 is 3. The van der Waals surface area contributed by atoms with Crippen LogP contribution in [0.3, 0.4) is 0 Å². The van der Waals surface area contributed by atoms with E-state index < -0.39 is 5.91 Å². The van der Waals surface area contributed by atoms with Crippen molar-refractivity contribution in [1.82, 2.24) is 10.4 Å². The Morgan fingerprint density at radius 3 is 2.59 bits per heavy atom. The number of fused-ring (bicyclic) bond motifs is 1. The minimum absolute atomic E-state index is 0.0551. The standard InChI is InChI=1S/C19H19N3O5/c1-25-12-7-14-13(17(8-12)27-3)9-15(21-14)19(24)22-20-10-11-5-4-6-16(26-2)18(11)23/h4-10,21,23H,1-3H3,(H,22,24)/b20-10-. The summed E-state index contributed by atoms with van der Waals surface area (Å²) in [6, 6.07) is 10.2. The van der Waals surface area contributed by atoms with E-state index in [4.69, 9.17) is 14.2 Å². The molecule has 0 saturated carbocycles. The van der Waals surface area contributed by atoms with Crippen molar-refractivity contribution in [3.05, 3.63) is 47.7 Å². The first-order chi connectivity index (χ1) is 13.1. The maximum atomic E-state index is 12.4. The maximum Gasteiger partial charge on any atom is 0.287 e. The minimum atomic E-state index is -0.439. The lowest BCUT2D eigenvalue weighted by molar-refractivity contribution is 0.0951. The summed E-state index contributed by atoms with van der Waals surface area (Å²) in [7, 11) is 4.56. The molecule has 0 fully saturated rings. The number of benzene rings is 2. The van der Waals surface area contributed by atoms with Crippen molar-refractivity contribution in [2.45, 2.75) is 0 Å². The Kier molecular flexibility index (Phi) is 5.16. The van der Waals surface area contributed by atoms with Gasteiger partial charge in [0, 0.05) is 23.1 Å². The smallest absolute Gasteiger partial charge is 0.287 e. The van der Waals surface area contributed by atoms with Crippen molar-refractivity contribution in [3.63, 3.8) is 0 Å². The average Bonchev–Trinajstić information content (AvgIpc) is 3.12. The van der Waals surface area contributed by atoms with Gasteiger partial charge in [-0.1, -0.05) is 6.07 Å². The molecular weight excluding hydrogens is 350 g/mol. The van der Waals surface area contributed by atoms with Gasteiger partial charge >= 0.3 is 0 Å². The third-order valence-electron chi connectivity index (χ3n) is 3.99. The van der Waals surface area contributed by atoms with E-state index >= 15 is 0 Å². The number of aromatic hydroxyl groups is 1. The van der Waals surface area contributed by atoms with E-state index in [1.54, 1.807) is 50.6 Å². The topological polar surface area (TPSA) is 105 Å². The van der Waals surface area contributed by atoms with Crippen molar-refractivity contribution < 1.29 is 24.1 Å². The van der Waals surface area contributed by atoms with Crippen molar-refractivity contribution in [2.24, 2.45) is 5.10 Å². The monoisotopic (exact) mass is 369 g/mol. The summed E-state index contributed by atoms with van der Waals surface area (Å²) >= 11 is 0. The molecule has 8 heteroatoms. The van der Waals surface area contributed by atoms with Crippen LogP contribution in [0.4, 0.5) is 0 Å². The largest absolute Gasteiger partial charge is 0.504 e. The number of H-pyrrole nitrogens is 1. The second-order valence-corrected chi connectivity index (χ2v) is 5.57. The first-order valence-corrected chi connectivity index (χ1v) is 8.01. The molecular formula is C19H19N3O5. The van der Waals surface area contributed by atoms with Gasteiger partial charge in [0.25, 0.3) is 5.91 Å². The molecule has 0 bridgehead atoms. The van der Waals surface area contributed by atoms with Gasteiger partial charge in [0.05, 0.1) is 33.1 Å². The lowest BCUT2D eigenvalue weighted by atomic mass is 10.2. The molecule has 0 saturated heterocycles. The number of carbonyl (C=O) groups excluding carboxylic acids is 1. The predicted molar refractivity (Wildman–Crippen MR) is 101 cm³/mol. The third-order valence-corrected chi connectivity index (χ3v) is 3.99. The number of aromatic amines is 1. The zero-order chi connectivity index (χ0) is 19.4. The van der Waals surface area contributed by atoms with Crippen LogP contribution in [0.25, 0.3) is 10.9 Å². The van der Waals surface area contributed by atoms with Crippen LogP contribution in [0.15, 0.2) is 41.5 Å². The number of para-hydroxylation sites is 1. The molecule has 27 heavy (non-hydrogen) atoms. The Bertz CT molecular complexity index is 1010. The van der Waals surface area contributed by atoms with Gasteiger partial charge in [0.1, 0.15) is 17.2 Å². The Morgan fingerprint density at radius 2 is 1.89 bits per heavy atom. The van der Waals surface area contributed by atoms with Crippen molar-refractivity contribution >= 4 is 23.0 Å². The number of ether oxygens (including phenoxy) is 3. The van der Waals surface area contributed by atoms with Crippen LogP contribution < -0.4 is 19.6 Å². The highest BCUT2D eigenvalue weighted by Crippen LogP contribution is 2.31. The van der Waals surface area contributed by atoms with Crippen LogP contribution in [0.1, 0.15) is 16.1 Å². The molecule has 0 atom stereocenters. The van der Waals surface area contributed by atoms with Gasteiger partial charge in [0.15, 0.2) is 11.5 Å². The summed E-state index contributed by atoms with van der Waals surface area (Å²) in [6.45, 7) is 0. The number of aromatic nitrogens is 1. The highest BCUT2D eigenvalue weighted by molar-refractivity contribution is 6.00. The molecule has 1 amide bonds. The normalized spacial score (nSPS) is 10.9. The summed E-state index contributed by atoms with van der Waals surface area (Å²) < 4.78 is 15.6. The average molecular weight is 369 g/mol. The molecule has 3 N–H and O–H groups in total. The van der Waals surface area contributed by atoms with E-state index in [1.807, 2.05) is 0 Å². The molecule has 0 unspecified atom stereocenters. The SMILES string of the molecule is COc1cc(OC)c2cc(C(=O)N/N=C\c3cccc(OC)c3O)[nH]c2c1. The summed E-state index contributed by atoms with van der Waals surface area (Å²) in [5, 5.41) is 14.6. The zero-order valence-electron chi connectivity index (χ0n) is 15.1. The van der Waals surface area contributed by atoms with E-state index in [9.17, 15) is 9.90 Å². The van der Waals surface area contributed by atoms with E-state index in [-0.39, 0.29) is 5.75 Å². The third kappa shape index (κ3) is 3.64. The van der Waals surface area contributed by atoms with Crippen molar-refractivity contribution in [2.75, 3.05) is 21.3 Å². The first-order valence-electron chi connectivity index (χ1n) is 8.01. The van der Waals surface area contributed by atoms with Gasteiger partial charge in [-0.05, 0) is 18.2 Å². The van der Waals surface area contributed by atoms with Gasteiger partial charge in [0.2, 0.25) is 0 Å². The molecule has 1 aromatic heterocycles. The molecule has 0 aliphatic heterocycles. The van der Waals surface area contributed by atoms with Gasteiger partial charge in [-0.3, -0.25) is 4.79 Å². The van der Waals surface area contributed by atoms with Crippen LogP contribution in [0, 0.1) is 0 Å². The van der Waals surface area contributed by atoms with E-state index in [0.717, 1.165) is 5.39 Å². The highest BCUT2D eigenvalue weighted by atomic mass is 16.5. The second-order valence-electron chi connectivity index (χ2n) is 5.57. The van der Waals surface area contributed by atoms with Gasteiger partial charge < -0.3 is 24.3 Å². The number of hydrogen-bond acceptors (Lipinski definition) is 6. The lowest BCUT2D eigenvalue weighted by Crippen LogP contribution is -2.17. The van der Waals surface area contributed by atoms with Gasteiger partial charge in [-0.15, -0.1) is 0 Å². The Morgan fingerprint density at radius 1 is 1.11 bits per heavy atom. The fraction of sp³-hybridized carbons (Fsp3) is 0.158. The predicted octanol–water partition coefficient (Wildman–Crippen LogP) is 2.66. The number of hydrazone groups is 1. The summed E-state index contributed by atoms with van der Waals surface area (Å²) in [4.78, 5) is 15.4. The molecule has 0 aliphatic carbocycles. The lowest BCUT2D eigenvalue weighted by Gasteiger charge is -2.04. The molecule has 3 rings (SSSR count). The molecule has 140 valence electrons. The molecule has 1 heterocycles. The molecule has 0 radical (unpaired) electrons. The fourth-order valence-electron chi connectivity index (χ4n) is 2.62. The van der Waals surface area contributed by atoms with Gasteiger partial charge in [-0.2, -0.15) is 5.10 Å². The summed E-state index contributed by atoms with van der Waals surface area (Å²) in [5.74, 6) is 1.03. The highest BCUT2D eigenvalue weighted by Gasteiger charge is 2.13. The fourth-order valence-corrected chi connectivity index (χ4v) is 2.62. The molecule has 0 spiro atoms. The number of amides is 1. The van der Waals surface area contributed by atoms with Crippen LogP contribution in [0.5, 0.6) is 23.0 Å². The van der Waals surface area contributed by atoms with Crippen LogP contribution in [-0.2, 0) is 0 Å². The van der Waals surface area contributed by atoms with Crippen molar-refractivity contribution in [3.8, 4) is 23.0 Å². The molecule has 0 aliphatic rings.